The molecule has 2 aliphatic rings. The molecule has 1 amide bonds. The van der Waals surface area contributed by atoms with E-state index in [9.17, 15) is 9.18 Å². The van der Waals surface area contributed by atoms with Crippen molar-refractivity contribution in [3.63, 3.8) is 0 Å². The first kappa shape index (κ1) is 24.3. The molecule has 1 saturated heterocycles. The molecule has 0 radical (unpaired) electrons. The Morgan fingerprint density at radius 1 is 1.17 bits per heavy atom. The summed E-state index contributed by atoms with van der Waals surface area (Å²) < 4.78 is 25.1. The van der Waals surface area contributed by atoms with Gasteiger partial charge in [-0.1, -0.05) is 6.08 Å². The van der Waals surface area contributed by atoms with Gasteiger partial charge in [0.25, 0.3) is 0 Å². The molecule has 1 unspecified atom stereocenters. The number of methoxy groups -OCH3 is 1. The van der Waals surface area contributed by atoms with Crippen molar-refractivity contribution >= 4 is 22.7 Å². The van der Waals surface area contributed by atoms with Gasteiger partial charge in [-0.05, 0) is 75.1 Å². The number of H-pyrrole nitrogens is 1. The number of hydrogen-bond donors (Lipinski definition) is 1. The average Bonchev–Trinajstić information content (AvgIpc) is 3.51. The van der Waals surface area contributed by atoms with Crippen molar-refractivity contribution in [2.75, 3.05) is 33.3 Å². The van der Waals surface area contributed by atoms with Gasteiger partial charge in [-0.3, -0.25) is 4.90 Å². The van der Waals surface area contributed by atoms with Gasteiger partial charge in [0, 0.05) is 55.1 Å². The van der Waals surface area contributed by atoms with Crippen LogP contribution in [0.1, 0.15) is 39.3 Å². The molecule has 2 aromatic heterocycles. The van der Waals surface area contributed by atoms with Crippen LogP contribution in [0.2, 0.25) is 0 Å². The molecule has 1 aromatic carbocycles. The van der Waals surface area contributed by atoms with Crippen LogP contribution in [-0.4, -0.2) is 70.8 Å². The number of carbonyl (C=O) groups is 1. The number of fused-ring (bicyclic) bond motifs is 1. The van der Waals surface area contributed by atoms with Gasteiger partial charge in [-0.25, -0.2) is 14.2 Å². The van der Waals surface area contributed by atoms with Crippen LogP contribution in [0.4, 0.5) is 9.18 Å². The topological polar surface area (TPSA) is 70.7 Å². The normalized spacial score (nSPS) is 19.0. The Morgan fingerprint density at radius 3 is 2.72 bits per heavy atom. The van der Waals surface area contributed by atoms with E-state index in [1.165, 1.54) is 17.7 Å². The van der Waals surface area contributed by atoms with Crippen molar-refractivity contribution in [2.45, 2.75) is 45.3 Å². The van der Waals surface area contributed by atoms with E-state index in [1.807, 2.05) is 31.7 Å². The van der Waals surface area contributed by atoms with Gasteiger partial charge in [0.1, 0.15) is 22.8 Å². The number of carbonyl (C=O) groups excluding carboxylic acids is 1. The van der Waals surface area contributed by atoms with E-state index in [0.717, 1.165) is 54.8 Å². The molecule has 0 saturated carbocycles. The Labute approximate surface area is 210 Å². The molecule has 0 bridgehead atoms. The number of aromatic amines is 1. The van der Waals surface area contributed by atoms with Crippen LogP contribution >= 0.6 is 0 Å². The quantitative estimate of drug-likeness (QED) is 0.523. The van der Waals surface area contributed by atoms with Gasteiger partial charge >= 0.3 is 6.09 Å². The molecule has 1 atom stereocenters. The number of benzene rings is 1. The second-order valence-electron chi connectivity index (χ2n) is 10.5. The van der Waals surface area contributed by atoms with E-state index in [0.29, 0.717) is 23.9 Å². The molecular weight excluding hydrogens is 459 g/mol. The maximum atomic E-state index is 14.0. The zero-order valence-corrected chi connectivity index (χ0v) is 21.3. The van der Waals surface area contributed by atoms with Crippen LogP contribution in [0.3, 0.4) is 0 Å². The van der Waals surface area contributed by atoms with Crippen LogP contribution in [0, 0.1) is 5.82 Å². The minimum atomic E-state index is -0.480. The lowest BCUT2D eigenvalue weighted by atomic mass is 10.0. The number of nitrogens with zero attached hydrogens (tertiary/aromatic N) is 3. The molecule has 1 fully saturated rings. The predicted molar refractivity (Wildman–Crippen MR) is 138 cm³/mol. The molecular formula is C28H33FN4O3. The highest BCUT2D eigenvalue weighted by Gasteiger charge is 2.33. The van der Waals surface area contributed by atoms with Gasteiger partial charge < -0.3 is 19.4 Å². The van der Waals surface area contributed by atoms with Crippen LogP contribution in [0.15, 0.2) is 42.6 Å². The Kier molecular flexibility index (Phi) is 6.47. The fourth-order valence-electron chi connectivity index (χ4n) is 5.12. The zero-order chi connectivity index (χ0) is 25.4. The summed E-state index contributed by atoms with van der Waals surface area (Å²) in [6.07, 6.45) is 5.61. The summed E-state index contributed by atoms with van der Waals surface area (Å²) in [6.45, 7) is 8.87. The molecule has 3 aromatic rings. The maximum Gasteiger partial charge on any atom is 0.410 e. The molecule has 5 rings (SSSR count). The van der Waals surface area contributed by atoms with E-state index in [1.54, 1.807) is 19.4 Å². The fourth-order valence-corrected chi connectivity index (χ4v) is 5.12. The van der Waals surface area contributed by atoms with E-state index >= 15 is 0 Å². The number of pyridine rings is 1. The van der Waals surface area contributed by atoms with E-state index in [2.05, 4.69) is 27.0 Å². The highest BCUT2D eigenvalue weighted by molar-refractivity contribution is 5.96. The molecule has 7 nitrogen and oxygen atoms in total. The van der Waals surface area contributed by atoms with E-state index < -0.39 is 5.60 Å². The SMILES string of the molecule is COc1ccc(F)cc1-c1ccnc2[nH]c(C3=CCN(C4CCN(C(=O)OC(C)(C)C)C4)CC3)cc12. The Morgan fingerprint density at radius 2 is 2.00 bits per heavy atom. The molecule has 1 N–H and O–H groups in total. The minimum absolute atomic E-state index is 0.227. The highest BCUT2D eigenvalue weighted by atomic mass is 19.1. The molecule has 190 valence electrons. The number of rotatable bonds is 4. The summed E-state index contributed by atoms with van der Waals surface area (Å²) in [6, 6.07) is 8.88. The van der Waals surface area contributed by atoms with E-state index in [4.69, 9.17) is 9.47 Å². The minimum Gasteiger partial charge on any atom is -0.496 e. The summed E-state index contributed by atoms with van der Waals surface area (Å²) in [7, 11) is 1.59. The van der Waals surface area contributed by atoms with Gasteiger partial charge in [0.05, 0.1) is 7.11 Å². The number of aromatic nitrogens is 2. The van der Waals surface area contributed by atoms with Crippen LogP contribution < -0.4 is 4.74 Å². The Hall–Kier alpha value is -3.39. The maximum absolute atomic E-state index is 14.0. The number of hydrogen-bond acceptors (Lipinski definition) is 5. The lowest BCUT2D eigenvalue weighted by molar-refractivity contribution is 0.0281. The third kappa shape index (κ3) is 4.95. The lowest BCUT2D eigenvalue weighted by Gasteiger charge is -2.31. The van der Waals surface area contributed by atoms with Gasteiger partial charge in [-0.2, -0.15) is 0 Å². The third-order valence-electron chi connectivity index (χ3n) is 6.90. The summed E-state index contributed by atoms with van der Waals surface area (Å²) in [5.41, 5.74) is 4.14. The van der Waals surface area contributed by atoms with Crippen molar-refractivity contribution < 1.29 is 18.7 Å². The highest BCUT2D eigenvalue weighted by Crippen LogP contribution is 2.37. The number of nitrogens with one attached hydrogen (secondary N) is 1. The standard InChI is InChI=1S/C28H33FN4O3/c1-28(2,3)36-27(34)33-14-10-20(17-33)32-12-8-18(9-13-32)24-16-23-21(7-11-30-26(23)31-24)22-15-19(29)5-6-25(22)35-4/h5-8,11,15-16,20H,9-10,12-14,17H2,1-4H3,(H,30,31). The first-order chi connectivity index (χ1) is 17.2. The van der Waals surface area contributed by atoms with E-state index in [-0.39, 0.29) is 11.9 Å². The summed E-state index contributed by atoms with van der Waals surface area (Å²) in [5.74, 6) is 0.315. The molecule has 8 heteroatoms. The number of likely N-dealkylation sites (tertiary alicyclic amines) is 1. The van der Waals surface area contributed by atoms with Crippen molar-refractivity contribution in [2.24, 2.45) is 0 Å². The fraction of sp³-hybridized carbons (Fsp3) is 0.429. The Balaban J connectivity index is 1.32. The van der Waals surface area contributed by atoms with Crippen LogP contribution in [0.5, 0.6) is 5.75 Å². The molecule has 0 aliphatic carbocycles. The zero-order valence-electron chi connectivity index (χ0n) is 21.3. The second-order valence-corrected chi connectivity index (χ2v) is 10.5. The molecule has 2 aliphatic heterocycles. The first-order valence-electron chi connectivity index (χ1n) is 12.4. The summed E-state index contributed by atoms with van der Waals surface area (Å²) in [5, 5.41) is 0.934. The average molecular weight is 493 g/mol. The van der Waals surface area contributed by atoms with Gasteiger partial charge in [-0.15, -0.1) is 0 Å². The summed E-state index contributed by atoms with van der Waals surface area (Å²) in [4.78, 5) is 24.7. The largest absolute Gasteiger partial charge is 0.496 e. The van der Waals surface area contributed by atoms with Crippen molar-refractivity contribution in [3.8, 4) is 16.9 Å². The van der Waals surface area contributed by atoms with Gasteiger partial charge in [0.15, 0.2) is 0 Å². The third-order valence-corrected chi connectivity index (χ3v) is 6.90. The number of halogens is 1. The lowest BCUT2D eigenvalue weighted by Crippen LogP contribution is -2.42. The smallest absolute Gasteiger partial charge is 0.410 e. The second kappa shape index (κ2) is 9.58. The van der Waals surface area contributed by atoms with Crippen LogP contribution in [-0.2, 0) is 4.74 Å². The predicted octanol–water partition coefficient (Wildman–Crippen LogP) is 5.48. The number of amides is 1. The monoisotopic (exact) mass is 492 g/mol. The van der Waals surface area contributed by atoms with Gasteiger partial charge in [0.2, 0.25) is 0 Å². The van der Waals surface area contributed by atoms with Crippen molar-refractivity contribution in [1.29, 1.82) is 0 Å². The summed E-state index contributed by atoms with van der Waals surface area (Å²) >= 11 is 0. The van der Waals surface area contributed by atoms with Crippen molar-refractivity contribution in [1.82, 2.24) is 19.8 Å². The number of ether oxygens (including phenoxy) is 2. The Bertz CT molecular complexity index is 1310. The molecule has 4 heterocycles. The van der Waals surface area contributed by atoms with Crippen molar-refractivity contribution in [3.05, 3.63) is 54.1 Å². The van der Waals surface area contributed by atoms with Crippen LogP contribution in [0.25, 0.3) is 27.7 Å². The molecule has 36 heavy (non-hydrogen) atoms. The molecule has 0 spiro atoms. The first-order valence-corrected chi connectivity index (χ1v) is 12.4.